The van der Waals surface area contributed by atoms with Gasteiger partial charge in [-0.3, -0.25) is 0 Å². The van der Waals surface area contributed by atoms with Gasteiger partial charge in [-0.15, -0.1) is 0 Å². The molecule has 0 unspecified atom stereocenters. The second-order valence-electron chi connectivity index (χ2n) is 3.21. The molecule has 0 aliphatic rings. The zero-order valence-electron chi connectivity index (χ0n) is 8.13. The van der Waals surface area contributed by atoms with E-state index in [0.717, 1.165) is 16.6 Å². The Labute approximate surface area is 92.8 Å². The number of aromatic hydroxyl groups is 1. The fraction of sp³-hybridized carbons (Fsp3) is 0.273. The maximum absolute atomic E-state index is 9.28. The van der Waals surface area contributed by atoms with E-state index in [2.05, 4.69) is 27.8 Å². The van der Waals surface area contributed by atoms with E-state index in [-0.39, 0.29) is 6.04 Å². The van der Waals surface area contributed by atoms with E-state index in [1.807, 2.05) is 19.1 Å². The molecule has 0 heterocycles. The quantitative estimate of drug-likeness (QED) is 0.868. The van der Waals surface area contributed by atoms with Crippen LogP contribution in [0.2, 0.25) is 0 Å². The highest BCUT2D eigenvalue weighted by Crippen LogP contribution is 2.17. The van der Waals surface area contributed by atoms with Crippen molar-refractivity contribution in [1.82, 2.24) is 5.32 Å². The molecule has 2 N–H and O–H groups in total. The van der Waals surface area contributed by atoms with Crippen LogP contribution in [0.3, 0.4) is 0 Å². The molecule has 2 nitrogen and oxygen atoms in total. The van der Waals surface area contributed by atoms with Crippen molar-refractivity contribution in [2.75, 3.05) is 6.54 Å². The lowest BCUT2D eigenvalue weighted by molar-refractivity contribution is 0.473. The van der Waals surface area contributed by atoms with Crippen LogP contribution in [0.5, 0.6) is 5.75 Å². The van der Waals surface area contributed by atoms with Crippen LogP contribution in [-0.2, 0) is 0 Å². The average molecular weight is 256 g/mol. The number of benzene rings is 1. The summed E-state index contributed by atoms with van der Waals surface area (Å²) in [6.45, 7) is 6.51. The lowest BCUT2D eigenvalue weighted by atomic mass is 10.1. The van der Waals surface area contributed by atoms with E-state index < -0.39 is 0 Å². The average Bonchev–Trinajstić information content (AvgIpc) is 2.14. The minimum absolute atomic E-state index is 0.205. The van der Waals surface area contributed by atoms with Crippen LogP contribution in [-0.4, -0.2) is 11.7 Å². The summed E-state index contributed by atoms with van der Waals surface area (Å²) >= 11 is 3.28. The van der Waals surface area contributed by atoms with Crippen LogP contribution in [0, 0.1) is 0 Å². The summed E-state index contributed by atoms with van der Waals surface area (Å²) < 4.78 is 0.921. The molecule has 0 radical (unpaired) electrons. The van der Waals surface area contributed by atoms with Gasteiger partial charge in [0.2, 0.25) is 0 Å². The predicted octanol–water partition coefficient (Wildman–Crippen LogP) is 2.95. The van der Waals surface area contributed by atoms with Crippen LogP contribution in [0.25, 0.3) is 0 Å². The molecule has 0 aliphatic heterocycles. The van der Waals surface area contributed by atoms with E-state index in [9.17, 15) is 5.11 Å². The van der Waals surface area contributed by atoms with Gasteiger partial charge in [0.05, 0.1) is 0 Å². The minimum Gasteiger partial charge on any atom is -0.508 e. The van der Waals surface area contributed by atoms with E-state index in [4.69, 9.17) is 0 Å². The molecule has 0 fully saturated rings. The molecule has 0 aliphatic carbocycles. The summed E-state index contributed by atoms with van der Waals surface area (Å²) in [4.78, 5) is 0. The molecule has 1 rings (SSSR count). The lowest BCUT2D eigenvalue weighted by Crippen LogP contribution is -2.19. The molecular formula is C11H14BrNO. The fourth-order valence-corrected chi connectivity index (χ4v) is 1.34. The summed E-state index contributed by atoms with van der Waals surface area (Å²) in [5, 5.41) is 12.6. The lowest BCUT2D eigenvalue weighted by Gasteiger charge is -2.13. The first-order valence-corrected chi connectivity index (χ1v) is 5.24. The number of rotatable bonds is 4. The summed E-state index contributed by atoms with van der Waals surface area (Å²) in [6.07, 6.45) is 0. The largest absolute Gasteiger partial charge is 0.508 e. The van der Waals surface area contributed by atoms with Crippen molar-refractivity contribution >= 4 is 15.9 Å². The highest BCUT2D eigenvalue weighted by Gasteiger charge is 2.04. The maximum atomic E-state index is 9.28. The molecule has 3 heteroatoms. The topological polar surface area (TPSA) is 32.3 Å². The first-order valence-electron chi connectivity index (χ1n) is 4.45. The van der Waals surface area contributed by atoms with Gasteiger partial charge < -0.3 is 10.4 Å². The molecule has 0 spiro atoms. The van der Waals surface area contributed by atoms with Crippen LogP contribution >= 0.6 is 15.9 Å². The van der Waals surface area contributed by atoms with Gasteiger partial charge in [-0.1, -0.05) is 34.6 Å². The van der Waals surface area contributed by atoms with Gasteiger partial charge in [0.1, 0.15) is 5.75 Å². The molecule has 0 amide bonds. The van der Waals surface area contributed by atoms with Gasteiger partial charge in [-0.2, -0.15) is 0 Å². The number of hydrogen-bond donors (Lipinski definition) is 2. The molecule has 1 atom stereocenters. The molecule has 0 aromatic heterocycles. The Morgan fingerprint density at radius 1 is 1.64 bits per heavy atom. The number of phenols is 1. The number of nitrogens with one attached hydrogen (secondary N) is 1. The summed E-state index contributed by atoms with van der Waals surface area (Å²) in [5.74, 6) is 0.300. The first kappa shape index (κ1) is 11.3. The van der Waals surface area contributed by atoms with Gasteiger partial charge in [0.25, 0.3) is 0 Å². The molecule has 1 aromatic rings. The first-order chi connectivity index (χ1) is 6.59. The number of halogens is 1. The minimum atomic E-state index is 0.205. The highest BCUT2D eigenvalue weighted by molar-refractivity contribution is 9.11. The van der Waals surface area contributed by atoms with Crippen molar-refractivity contribution in [2.24, 2.45) is 0 Å². The SMILES string of the molecule is C=C(Br)CN[C@H](C)c1cccc(O)c1. The van der Waals surface area contributed by atoms with Gasteiger partial charge in [-0.05, 0) is 24.6 Å². The maximum Gasteiger partial charge on any atom is 0.115 e. The third-order valence-electron chi connectivity index (χ3n) is 1.97. The van der Waals surface area contributed by atoms with Crippen LogP contribution in [0.1, 0.15) is 18.5 Å². The van der Waals surface area contributed by atoms with E-state index in [1.165, 1.54) is 0 Å². The fourth-order valence-electron chi connectivity index (χ4n) is 1.18. The monoisotopic (exact) mass is 255 g/mol. The predicted molar refractivity (Wildman–Crippen MR) is 62.6 cm³/mol. The third-order valence-corrected chi connectivity index (χ3v) is 2.25. The zero-order valence-corrected chi connectivity index (χ0v) is 9.71. The third kappa shape index (κ3) is 3.52. The van der Waals surface area contributed by atoms with Crippen LogP contribution < -0.4 is 5.32 Å². The molecule has 76 valence electrons. The molecule has 14 heavy (non-hydrogen) atoms. The normalized spacial score (nSPS) is 12.4. The van der Waals surface area contributed by atoms with Crippen molar-refractivity contribution < 1.29 is 5.11 Å². The summed E-state index contributed by atoms with van der Waals surface area (Å²) in [6, 6.07) is 7.45. The van der Waals surface area contributed by atoms with Crippen molar-refractivity contribution in [1.29, 1.82) is 0 Å². The van der Waals surface area contributed by atoms with Gasteiger partial charge in [0, 0.05) is 17.1 Å². The van der Waals surface area contributed by atoms with E-state index >= 15 is 0 Å². The van der Waals surface area contributed by atoms with E-state index in [1.54, 1.807) is 12.1 Å². The Bertz CT molecular complexity index is 325. The van der Waals surface area contributed by atoms with E-state index in [0.29, 0.717) is 5.75 Å². The molecule has 0 bridgehead atoms. The Hall–Kier alpha value is -0.800. The van der Waals surface area contributed by atoms with Crippen LogP contribution in [0.4, 0.5) is 0 Å². The Morgan fingerprint density at radius 2 is 2.36 bits per heavy atom. The van der Waals surface area contributed by atoms with Gasteiger partial charge in [-0.25, -0.2) is 0 Å². The molecular weight excluding hydrogens is 242 g/mol. The second-order valence-corrected chi connectivity index (χ2v) is 4.34. The van der Waals surface area contributed by atoms with Crippen molar-refractivity contribution in [2.45, 2.75) is 13.0 Å². The Balaban J connectivity index is 2.60. The number of hydrogen-bond acceptors (Lipinski definition) is 2. The second kappa shape index (κ2) is 5.17. The van der Waals surface area contributed by atoms with Crippen LogP contribution in [0.15, 0.2) is 35.3 Å². The zero-order chi connectivity index (χ0) is 10.6. The number of phenolic OH excluding ortho intramolecular Hbond substituents is 1. The molecule has 1 aromatic carbocycles. The Kier molecular flexibility index (Phi) is 4.17. The highest BCUT2D eigenvalue weighted by atomic mass is 79.9. The summed E-state index contributed by atoms with van der Waals surface area (Å²) in [7, 11) is 0. The standard InChI is InChI=1S/C11H14BrNO/c1-8(12)7-13-9(2)10-4-3-5-11(14)6-10/h3-6,9,13-14H,1,7H2,2H3/t9-/m1/s1. The van der Waals surface area contributed by atoms with Crippen molar-refractivity contribution in [3.63, 3.8) is 0 Å². The molecule has 0 saturated carbocycles. The van der Waals surface area contributed by atoms with Crippen molar-refractivity contribution in [3.05, 3.63) is 40.9 Å². The Morgan fingerprint density at radius 3 is 2.93 bits per heavy atom. The van der Waals surface area contributed by atoms with Gasteiger partial charge in [0.15, 0.2) is 0 Å². The van der Waals surface area contributed by atoms with Gasteiger partial charge >= 0.3 is 0 Å². The van der Waals surface area contributed by atoms with Crippen molar-refractivity contribution in [3.8, 4) is 5.75 Å². The summed E-state index contributed by atoms with van der Waals surface area (Å²) in [5.41, 5.74) is 1.07. The smallest absolute Gasteiger partial charge is 0.115 e. The molecule has 0 saturated heterocycles.